The van der Waals surface area contributed by atoms with E-state index in [0.29, 0.717) is 44.9 Å². The lowest BCUT2D eigenvalue weighted by Gasteiger charge is -2.49. The molecule has 3 aliphatic rings. The van der Waals surface area contributed by atoms with Crippen molar-refractivity contribution in [2.24, 2.45) is 17.3 Å². The second-order valence-corrected chi connectivity index (χ2v) is 15.9. The van der Waals surface area contributed by atoms with Crippen molar-refractivity contribution < 1.29 is 34.2 Å². The number of carbonyl (C=O) groups excluding carboxylic acids is 1. The van der Waals surface area contributed by atoms with Crippen LogP contribution in [0.15, 0.2) is 113 Å². The van der Waals surface area contributed by atoms with E-state index in [1.165, 1.54) is 18.2 Å². The molecule has 280 valence electrons. The molecule has 7 atom stereocenters. The number of hydrogen-bond acceptors (Lipinski definition) is 9. The molecule has 2 aromatic heterocycles. The number of nitrogens with one attached hydrogen (secondary N) is 2. The minimum Gasteiger partial charge on any atom is -0.508 e. The standard InChI is InChI=1S/C18H24O3.C15H13N3O3S.C9H7NO/c1-18-7-6-13-12-5-3-11(19)8-10(12)2-4-14(13)15(18)9-16(20)17(18)21;1-21-15(19)18-14-16-12-8-7-11(9-13(12)17-14)22(20)10-5-3-2-4-6-10;11-8-5-1-3-7-4-2-6-10-9(7)8/h3,5,8,13-17,19-21H,2,4,6-7,9H2,1H3;2-9H,1H3,(H2,16,17,18,19);1-6,11H/t13-,14-,15+,16-,17+,18+;;/m1../s1. The van der Waals surface area contributed by atoms with Crippen LogP contribution in [0.25, 0.3) is 21.9 Å². The minimum absolute atomic E-state index is 0.116. The number of fused-ring (bicyclic) bond motifs is 7. The van der Waals surface area contributed by atoms with Crippen LogP contribution >= 0.6 is 0 Å². The van der Waals surface area contributed by atoms with Crippen LogP contribution in [0.2, 0.25) is 0 Å². The highest BCUT2D eigenvalue weighted by Crippen LogP contribution is 2.61. The lowest BCUT2D eigenvalue weighted by molar-refractivity contribution is -0.0505. The Labute approximate surface area is 315 Å². The van der Waals surface area contributed by atoms with E-state index in [1.807, 2.05) is 54.6 Å². The second-order valence-electron chi connectivity index (χ2n) is 14.4. The quantitative estimate of drug-likeness (QED) is 0.107. The van der Waals surface area contributed by atoms with Crippen molar-refractivity contribution in [2.75, 3.05) is 12.4 Å². The number of H-pyrrole nitrogens is 1. The molecule has 9 rings (SSSR count). The van der Waals surface area contributed by atoms with Crippen molar-refractivity contribution in [1.29, 1.82) is 0 Å². The average Bonchev–Trinajstić information content (AvgIpc) is 3.70. The number of ether oxygens (including phenoxy) is 1. The summed E-state index contributed by atoms with van der Waals surface area (Å²) in [6.45, 7) is 2.17. The Bertz CT molecular complexity index is 2290. The smallest absolute Gasteiger partial charge is 0.413 e. The number of phenols is 2. The minimum atomic E-state index is -1.27. The first-order chi connectivity index (χ1) is 26.0. The van der Waals surface area contributed by atoms with Gasteiger partial charge >= 0.3 is 6.09 Å². The predicted octanol–water partition coefficient (Wildman–Crippen LogP) is 7.43. The van der Waals surface area contributed by atoms with Gasteiger partial charge in [0.15, 0.2) is 0 Å². The Kier molecular flexibility index (Phi) is 10.7. The molecule has 2 heterocycles. The summed E-state index contributed by atoms with van der Waals surface area (Å²) in [5.74, 6) is 2.40. The van der Waals surface area contributed by atoms with E-state index >= 15 is 0 Å². The van der Waals surface area contributed by atoms with Gasteiger partial charge in [0.2, 0.25) is 5.95 Å². The topological polar surface area (TPSA) is 178 Å². The molecule has 2 saturated carbocycles. The van der Waals surface area contributed by atoms with Crippen molar-refractivity contribution in [3.63, 3.8) is 0 Å². The molecule has 11 nitrogen and oxygen atoms in total. The summed E-state index contributed by atoms with van der Waals surface area (Å²) in [7, 11) is 0.0112. The van der Waals surface area contributed by atoms with Gasteiger partial charge in [0.1, 0.15) is 17.0 Å². The highest BCUT2D eigenvalue weighted by atomic mass is 32.2. The Morgan fingerprint density at radius 3 is 2.52 bits per heavy atom. The van der Waals surface area contributed by atoms with E-state index in [2.05, 4.69) is 38.0 Å². The van der Waals surface area contributed by atoms with Crippen LogP contribution in [-0.2, 0) is 22.0 Å². The molecule has 0 bridgehead atoms. The number of carbonyl (C=O) groups is 1. The average molecular weight is 749 g/mol. The highest BCUT2D eigenvalue weighted by molar-refractivity contribution is 7.85. The third-order valence-electron chi connectivity index (χ3n) is 11.3. The van der Waals surface area contributed by atoms with Gasteiger partial charge in [-0.1, -0.05) is 49.4 Å². The van der Waals surface area contributed by atoms with Gasteiger partial charge in [-0.2, -0.15) is 0 Å². The number of pyridine rings is 1. The molecule has 54 heavy (non-hydrogen) atoms. The lowest BCUT2D eigenvalue weighted by atomic mass is 9.55. The van der Waals surface area contributed by atoms with E-state index in [0.717, 1.165) is 42.4 Å². The number of anilines is 1. The molecule has 1 unspecified atom stereocenters. The number of aryl methyl sites for hydroxylation is 1. The van der Waals surface area contributed by atoms with E-state index in [-0.39, 0.29) is 17.1 Å². The summed E-state index contributed by atoms with van der Waals surface area (Å²) in [6, 6.07) is 29.4. The summed E-state index contributed by atoms with van der Waals surface area (Å²) >= 11 is 0. The number of nitrogens with zero attached hydrogens (tertiary/aromatic N) is 2. The van der Waals surface area contributed by atoms with Gasteiger partial charge in [0.05, 0.1) is 41.2 Å². The number of aromatic amines is 1. The largest absolute Gasteiger partial charge is 0.508 e. The monoisotopic (exact) mass is 748 g/mol. The van der Waals surface area contributed by atoms with Crippen molar-refractivity contribution >= 4 is 44.8 Å². The maximum absolute atomic E-state index is 12.5. The molecular formula is C42H44N4O7S. The summed E-state index contributed by atoms with van der Waals surface area (Å²) in [5.41, 5.74) is 4.58. The molecule has 0 spiro atoms. The molecule has 12 heteroatoms. The Morgan fingerprint density at radius 1 is 0.944 bits per heavy atom. The third-order valence-corrected chi connectivity index (χ3v) is 12.7. The van der Waals surface area contributed by atoms with Gasteiger partial charge in [-0.15, -0.1) is 0 Å². The number of aromatic nitrogens is 3. The normalized spacial score (nSPS) is 24.4. The first-order valence-corrected chi connectivity index (χ1v) is 19.2. The second kappa shape index (κ2) is 15.6. The van der Waals surface area contributed by atoms with Crippen molar-refractivity contribution in [3.05, 3.63) is 114 Å². The van der Waals surface area contributed by atoms with Crippen molar-refractivity contribution in [1.82, 2.24) is 15.0 Å². The third kappa shape index (κ3) is 7.41. The molecule has 2 fully saturated rings. The number of hydrogen-bond donors (Lipinski definition) is 6. The van der Waals surface area contributed by atoms with Crippen molar-refractivity contribution in [2.45, 2.75) is 66.9 Å². The molecule has 4 aromatic carbocycles. The summed E-state index contributed by atoms with van der Waals surface area (Å²) in [6.07, 6.45) is 4.87. The zero-order valence-corrected chi connectivity index (χ0v) is 30.9. The zero-order chi connectivity index (χ0) is 38.0. The molecule has 0 aliphatic heterocycles. The molecule has 1 amide bonds. The highest BCUT2D eigenvalue weighted by Gasteiger charge is 2.57. The first-order valence-electron chi connectivity index (χ1n) is 18.1. The number of amides is 1. The van der Waals surface area contributed by atoms with Crippen molar-refractivity contribution in [3.8, 4) is 11.5 Å². The van der Waals surface area contributed by atoms with Gasteiger partial charge in [0, 0.05) is 21.4 Å². The lowest BCUT2D eigenvalue weighted by Crippen LogP contribution is -2.44. The van der Waals surface area contributed by atoms with Gasteiger partial charge in [-0.05, 0) is 121 Å². The molecular weight excluding hydrogens is 705 g/mol. The number of imidazole rings is 1. The summed E-state index contributed by atoms with van der Waals surface area (Å²) in [4.78, 5) is 23.8. The van der Waals surface area contributed by atoms with Gasteiger partial charge in [-0.3, -0.25) is 10.3 Å². The van der Waals surface area contributed by atoms with Crippen LogP contribution in [-0.4, -0.2) is 65.0 Å². The zero-order valence-electron chi connectivity index (χ0n) is 30.1. The number of aromatic hydroxyl groups is 2. The SMILES string of the molecule is COC(=O)Nc1nc2ccc(S(=O)c3ccccc3)cc2[nH]1.C[C@]12CC[C@@H]3c4ccc(O)cc4CC[C@H]3[C@@H]1C[C@@H](O)[C@@H]2O.Oc1cccc2cccnc12. The fourth-order valence-electron chi connectivity index (χ4n) is 8.64. The molecule has 3 aliphatic carbocycles. The van der Waals surface area contributed by atoms with Crippen LogP contribution in [0, 0.1) is 17.3 Å². The Balaban J connectivity index is 0.000000132. The number of methoxy groups -OCH3 is 1. The fraction of sp³-hybridized carbons (Fsp3) is 0.310. The molecule has 6 N–H and O–H groups in total. The fourth-order valence-corrected chi connectivity index (χ4v) is 9.73. The number of para-hydroxylation sites is 1. The van der Waals surface area contributed by atoms with Crippen LogP contribution in [0.1, 0.15) is 49.7 Å². The number of aliphatic hydroxyl groups is 2. The molecule has 6 aromatic rings. The van der Waals surface area contributed by atoms with Crippen LogP contribution in [0.4, 0.5) is 10.7 Å². The number of phenolic OH excluding ortho intramolecular Hbond substituents is 2. The number of aliphatic hydroxyl groups excluding tert-OH is 2. The summed E-state index contributed by atoms with van der Waals surface area (Å²) in [5, 5.41) is 42.9. The first kappa shape index (κ1) is 37.0. The Morgan fingerprint density at radius 2 is 1.74 bits per heavy atom. The predicted molar refractivity (Wildman–Crippen MR) is 207 cm³/mol. The number of benzene rings is 4. The van der Waals surface area contributed by atoms with E-state index in [1.54, 1.807) is 42.6 Å². The van der Waals surface area contributed by atoms with Crippen LogP contribution in [0.3, 0.4) is 0 Å². The van der Waals surface area contributed by atoms with Crippen LogP contribution < -0.4 is 5.32 Å². The number of rotatable bonds is 3. The van der Waals surface area contributed by atoms with E-state index in [4.69, 9.17) is 0 Å². The summed E-state index contributed by atoms with van der Waals surface area (Å²) < 4.78 is 17.0. The van der Waals surface area contributed by atoms with Crippen LogP contribution in [0.5, 0.6) is 11.5 Å². The molecule has 0 saturated heterocycles. The van der Waals surface area contributed by atoms with Gasteiger partial charge < -0.3 is 30.1 Å². The van der Waals surface area contributed by atoms with E-state index < -0.39 is 29.1 Å². The van der Waals surface area contributed by atoms with Gasteiger partial charge in [0.25, 0.3) is 0 Å². The maximum atomic E-state index is 12.5. The van der Waals surface area contributed by atoms with E-state index in [9.17, 15) is 29.4 Å². The van der Waals surface area contributed by atoms with Gasteiger partial charge in [-0.25, -0.2) is 14.0 Å². The Hall–Kier alpha value is -5.30. The maximum Gasteiger partial charge on any atom is 0.413 e. The molecule has 0 radical (unpaired) electrons.